The number of alkyl halides is 1. The number of hydrogen-bond acceptors (Lipinski definition) is 1. The van der Waals surface area contributed by atoms with Crippen LogP contribution in [0.4, 0.5) is 0 Å². The highest BCUT2D eigenvalue weighted by Crippen LogP contribution is 2.35. The normalized spacial score (nSPS) is 26.0. The lowest BCUT2D eigenvalue weighted by molar-refractivity contribution is 0.100. The lowest BCUT2D eigenvalue weighted by atomic mass is 9.80. The Balaban J connectivity index is 1.87. The molecule has 21 heavy (non-hydrogen) atoms. The molecule has 3 unspecified atom stereocenters. The van der Waals surface area contributed by atoms with Gasteiger partial charge >= 0.3 is 0 Å². The van der Waals surface area contributed by atoms with Gasteiger partial charge in [0, 0.05) is 10.9 Å². The fourth-order valence-corrected chi connectivity index (χ4v) is 3.93. The molecular formula is C19H23BrO. The van der Waals surface area contributed by atoms with Crippen molar-refractivity contribution in [3.8, 4) is 5.75 Å². The highest BCUT2D eigenvalue weighted by molar-refractivity contribution is 9.08. The molecule has 0 saturated heterocycles. The van der Waals surface area contributed by atoms with E-state index in [9.17, 15) is 0 Å². The van der Waals surface area contributed by atoms with Gasteiger partial charge in [-0.2, -0.15) is 0 Å². The zero-order valence-corrected chi connectivity index (χ0v) is 14.4. The van der Waals surface area contributed by atoms with E-state index in [1.54, 1.807) is 0 Å². The summed E-state index contributed by atoms with van der Waals surface area (Å²) < 4.78 is 6.37. The number of ether oxygens (including phenoxy) is 1. The summed E-state index contributed by atoms with van der Waals surface area (Å²) in [6.45, 7) is 4.72. The third kappa shape index (κ3) is 3.11. The molecule has 0 amide bonds. The van der Waals surface area contributed by atoms with E-state index >= 15 is 0 Å². The second kappa shape index (κ2) is 6.39. The predicted molar refractivity (Wildman–Crippen MR) is 93.2 cm³/mol. The molecule has 1 aliphatic rings. The molecule has 3 rings (SSSR count). The lowest BCUT2D eigenvalue weighted by Gasteiger charge is -2.32. The summed E-state index contributed by atoms with van der Waals surface area (Å²) in [4.78, 5) is 0. The molecule has 0 aliphatic heterocycles. The maximum absolute atomic E-state index is 6.37. The molecule has 0 spiro atoms. The molecule has 2 aromatic carbocycles. The number of rotatable bonds is 3. The zero-order chi connectivity index (χ0) is 14.8. The minimum Gasteiger partial charge on any atom is -0.490 e. The van der Waals surface area contributed by atoms with Crippen molar-refractivity contribution in [2.75, 3.05) is 0 Å². The van der Waals surface area contributed by atoms with Gasteiger partial charge in [0.1, 0.15) is 5.75 Å². The summed E-state index contributed by atoms with van der Waals surface area (Å²) in [5.74, 6) is 2.64. The van der Waals surface area contributed by atoms with Gasteiger partial charge in [-0.05, 0) is 47.9 Å². The Kier molecular flexibility index (Phi) is 4.54. The van der Waals surface area contributed by atoms with Gasteiger partial charge in [-0.3, -0.25) is 0 Å². The van der Waals surface area contributed by atoms with Crippen molar-refractivity contribution < 1.29 is 4.74 Å². The molecule has 0 aromatic heterocycles. The summed E-state index contributed by atoms with van der Waals surface area (Å²) in [5.41, 5.74) is 1.28. The summed E-state index contributed by atoms with van der Waals surface area (Å²) >= 11 is 3.64. The van der Waals surface area contributed by atoms with Crippen molar-refractivity contribution in [1.82, 2.24) is 0 Å². The van der Waals surface area contributed by atoms with Crippen LogP contribution < -0.4 is 4.74 Å². The monoisotopic (exact) mass is 346 g/mol. The lowest BCUT2D eigenvalue weighted by Crippen LogP contribution is -2.29. The van der Waals surface area contributed by atoms with Crippen LogP contribution in [0.15, 0.2) is 36.4 Å². The Hall–Kier alpha value is -1.02. The number of benzene rings is 2. The van der Waals surface area contributed by atoms with Crippen molar-refractivity contribution in [3.63, 3.8) is 0 Å². The molecule has 0 radical (unpaired) electrons. The quantitative estimate of drug-likeness (QED) is 0.625. The van der Waals surface area contributed by atoms with E-state index in [1.807, 2.05) is 0 Å². The highest BCUT2D eigenvalue weighted by Gasteiger charge is 2.26. The standard InChI is InChI=1S/C19H23BrO/c1-13-7-9-16(11-14(13)2)21-19-10-8-15-5-3-4-6-17(15)18(19)12-20/h3-6,8,10,13-14,16H,7,9,11-12H2,1-2H3. The van der Waals surface area contributed by atoms with Crippen LogP contribution in [0.1, 0.15) is 38.7 Å². The maximum atomic E-state index is 6.37. The highest BCUT2D eigenvalue weighted by atomic mass is 79.9. The minimum atomic E-state index is 0.371. The van der Waals surface area contributed by atoms with E-state index in [1.165, 1.54) is 35.6 Å². The number of fused-ring (bicyclic) bond motifs is 1. The van der Waals surface area contributed by atoms with E-state index in [4.69, 9.17) is 4.74 Å². The van der Waals surface area contributed by atoms with Gasteiger partial charge in [-0.25, -0.2) is 0 Å². The Labute approximate surface area is 135 Å². The van der Waals surface area contributed by atoms with Crippen molar-refractivity contribution >= 4 is 26.7 Å². The summed E-state index contributed by atoms with van der Waals surface area (Å²) in [7, 11) is 0. The second-order valence-corrected chi connectivity index (χ2v) is 6.97. The molecule has 0 N–H and O–H groups in total. The summed E-state index contributed by atoms with van der Waals surface area (Å²) in [6.07, 6.45) is 4.01. The van der Waals surface area contributed by atoms with Gasteiger partial charge in [-0.15, -0.1) is 0 Å². The van der Waals surface area contributed by atoms with Crippen LogP contribution in [0.25, 0.3) is 10.8 Å². The molecule has 2 aromatic rings. The Morgan fingerprint density at radius 3 is 2.62 bits per heavy atom. The van der Waals surface area contributed by atoms with Crippen molar-refractivity contribution in [2.45, 2.75) is 44.5 Å². The van der Waals surface area contributed by atoms with Crippen LogP contribution in [0.2, 0.25) is 0 Å². The van der Waals surface area contributed by atoms with Crippen LogP contribution in [-0.4, -0.2) is 6.10 Å². The molecule has 112 valence electrons. The average molecular weight is 347 g/mol. The van der Waals surface area contributed by atoms with Gasteiger partial charge in [0.2, 0.25) is 0 Å². The molecule has 1 aliphatic carbocycles. The predicted octanol–water partition coefficient (Wildman–Crippen LogP) is 5.94. The SMILES string of the molecule is CC1CCC(Oc2ccc3ccccc3c2CBr)CC1C. The first-order valence-electron chi connectivity index (χ1n) is 7.92. The van der Waals surface area contributed by atoms with Gasteiger partial charge in [0.05, 0.1) is 6.10 Å². The molecule has 3 atom stereocenters. The molecule has 2 heteroatoms. The first kappa shape index (κ1) is 14.9. The zero-order valence-electron chi connectivity index (χ0n) is 12.8. The van der Waals surface area contributed by atoms with Crippen LogP contribution in [0.3, 0.4) is 0 Å². The van der Waals surface area contributed by atoms with Crippen molar-refractivity contribution in [3.05, 3.63) is 42.0 Å². The van der Waals surface area contributed by atoms with Crippen LogP contribution in [-0.2, 0) is 5.33 Å². The smallest absolute Gasteiger partial charge is 0.124 e. The fraction of sp³-hybridized carbons (Fsp3) is 0.474. The summed E-state index contributed by atoms with van der Waals surface area (Å²) in [6, 6.07) is 12.8. The molecule has 0 heterocycles. The van der Waals surface area contributed by atoms with Crippen LogP contribution in [0.5, 0.6) is 5.75 Å². The molecule has 1 nitrogen and oxygen atoms in total. The third-order valence-electron chi connectivity index (χ3n) is 4.97. The molecule has 1 fully saturated rings. The summed E-state index contributed by atoms with van der Waals surface area (Å²) in [5, 5.41) is 3.41. The van der Waals surface area contributed by atoms with Crippen LogP contribution in [0, 0.1) is 11.8 Å². The number of hydrogen-bond donors (Lipinski definition) is 0. The van der Waals surface area contributed by atoms with Crippen LogP contribution >= 0.6 is 15.9 Å². The van der Waals surface area contributed by atoms with Gasteiger partial charge in [-0.1, -0.05) is 60.1 Å². The molecule has 0 bridgehead atoms. The van der Waals surface area contributed by atoms with E-state index in [0.29, 0.717) is 6.10 Å². The van der Waals surface area contributed by atoms with Crippen molar-refractivity contribution in [2.24, 2.45) is 11.8 Å². The Bertz CT molecular complexity index is 622. The first-order chi connectivity index (χ1) is 10.2. The second-order valence-electron chi connectivity index (χ2n) is 6.40. The van der Waals surface area contributed by atoms with E-state index in [0.717, 1.165) is 22.9 Å². The van der Waals surface area contributed by atoms with Gasteiger partial charge in [0.15, 0.2) is 0 Å². The Morgan fingerprint density at radius 2 is 1.86 bits per heavy atom. The van der Waals surface area contributed by atoms with E-state index in [2.05, 4.69) is 66.2 Å². The molecular weight excluding hydrogens is 324 g/mol. The first-order valence-corrected chi connectivity index (χ1v) is 9.04. The average Bonchev–Trinajstić information content (AvgIpc) is 2.51. The van der Waals surface area contributed by atoms with Crippen molar-refractivity contribution in [1.29, 1.82) is 0 Å². The van der Waals surface area contributed by atoms with E-state index < -0.39 is 0 Å². The number of halogens is 1. The third-order valence-corrected chi connectivity index (χ3v) is 5.54. The van der Waals surface area contributed by atoms with Gasteiger partial charge in [0.25, 0.3) is 0 Å². The molecule has 1 saturated carbocycles. The largest absolute Gasteiger partial charge is 0.490 e. The maximum Gasteiger partial charge on any atom is 0.124 e. The fourth-order valence-electron chi connectivity index (χ4n) is 3.35. The Morgan fingerprint density at radius 1 is 1.05 bits per heavy atom. The van der Waals surface area contributed by atoms with E-state index in [-0.39, 0.29) is 0 Å². The minimum absolute atomic E-state index is 0.371. The van der Waals surface area contributed by atoms with Gasteiger partial charge < -0.3 is 4.74 Å². The topological polar surface area (TPSA) is 9.23 Å².